The fourth-order valence-corrected chi connectivity index (χ4v) is 3.34. The van der Waals surface area contributed by atoms with Crippen molar-refractivity contribution in [2.24, 2.45) is 0 Å². The summed E-state index contributed by atoms with van der Waals surface area (Å²) < 4.78 is 33.6. The Morgan fingerprint density at radius 2 is 1.70 bits per heavy atom. The summed E-state index contributed by atoms with van der Waals surface area (Å²) >= 11 is 6.58. The summed E-state index contributed by atoms with van der Waals surface area (Å²) in [4.78, 5) is 0.190. The molecular formula is C13H11Br2NO3S. The monoisotopic (exact) mass is 419 g/mol. The van der Waals surface area contributed by atoms with Crippen molar-refractivity contribution >= 4 is 47.6 Å². The highest BCUT2D eigenvalue weighted by Gasteiger charge is 2.15. The van der Waals surface area contributed by atoms with E-state index in [0.29, 0.717) is 15.9 Å². The van der Waals surface area contributed by atoms with E-state index in [4.69, 9.17) is 4.74 Å². The minimum Gasteiger partial charge on any atom is -0.497 e. The van der Waals surface area contributed by atoms with Gasteiger partial charge in [-0.3, -0.25) is 4.72 Å². The first-order chi connectivity index (χ1) is 9.42. The number of anilines is 1. The highest BCUT2D eigenvalue weighted by molar-refractivity contribution is 9.10. The number of ether oxygens (including phenoxy) is 1. The van der Waals surface area contributed by atoms with Gasteiger partial charge in [-0.2, -0.15) is 0 Å². The standard InChI is InChI=1S/C13H11Br2NO3S/c1-19-10-4-7-12(15)13(8-10)16-20(17,18)11-5-2-9(14)3-6-11/h2-8,16H,1H3. The second kappa shape index (κ2) is 6.15. The lowest BCUT2D eigenvalue weighted by Crippen LogP contribution is -2.13. The summed E-state index contributed by atoms with van der Waals surface area (Å²) in [5, 5.41) is 0. The first-order valence-corrected chi connectivity index (χ1v) is 8.61. The average molecular weight is 421 g/mol. The van der Waals surface area contributed by atoms with Gasteiger partial charge in [-0.25, -0.2) is 8.42 Å². The van der Waals surface area contributed by atoms with Gasteiger partial charge in [0.25, 0.3) is 10.0 Å². The molecule has 0 fully saturated rings. The van der Waals surface area contributed by atoms with E-state index < -0.39 is 10.0 Å². The fraction of sp³-hybridized carbons (Fsp3) is 0.0769. The van der Waals surface area contributed by atoms with Gasteiger partial charge in [0.05, 0.1) is 17.7 Å². The quantitative estimate of drug-likeness (QED) is 0.812. The van der Waals surface area contributed by atoms with E-state index in [0.717, 1.165) is 4.47 Å². The molecule has 4 nitrogen and oxygen atoms in total. The molecule has 0 radical (unpaired) electrons. The Balaban J connectivity index is 2.35. The molecule has 106 valence electrons. The molecule has 1 N–H and O–H groups in total. The molecule has 0 bridgehead atoms. The summed E-state index contributed by atoms with van der Waals surface area (Å²) in [7, 11) is -2.11. The van der Waals surface area contributed by atoms with Gasteiger partial charge in [-0.15, -0.1) is 0 Å². The fourth-order valence-electron chi connectivity index (χ4n) is 1.53. The van der Waals surface area contributed by atoms with Crippen LogP contribution >= 0.6 is 31.9 Å². The third-order valence-corrected chi connectivity index (χ3v) is 5.14. The van der Waals surface area contributed by atoms with Gasteiger partial charge < -0.3 is 4.74 Å². The Labute approximate surface area is 134 Å². The summed E-state index contributed by atoms with van der Waals surface area (Å²) in [6.45, 7) is 0. The number of halogens is 2. The summed E-state index contributed by atoms with van der Waals surface area (Å²) in [5.41, 5.74) is 0.423. The van der Waals surface area contributed by atoms with Crippen molar-refractivity contribution in [2.45, 2.75) is 4.90 Å². The number of hydrogen-bond acceptors (Lipinski definition) is 3. The maximum atomic E-state index is 12.3. The number of methoxy groups -OCH3 is 1. The van der Waals surface area contributed by atoms with Gasteiger partial charge in [0, 0.05) is 15.0 Å². The molecule has 0 amide bonds. The van der Waals surface area contributed by atoms with Crippen LogP contribution in [0.5, 0.6) is 5.75 Å². The molecule has 0 saturated heterocycles. The van der Waals surface area contributed by atoms with Crippen molar-refractivity contribution in [1.82, 2.24) is 0 Å². The first-order valence-electron chi connectivity index (χ1n) is 5.54. The molecule has 2 aromatic carbocycles. The third kappa shape index (κ3) is 3.53. The smallest absolute Gasteiger partial charge is 0.261 e. The molecule has 2 rings (SSSR count). The van der Waals surface area contributed by atoms with Crippen molar-refractivity contribution in [3.8, 4) is 5.75 Å². The van der Waals surface area contributed by atoms with Gasteiger partial charge in [-0.05, 0) is 52.3 Å². The molecule has 0 atom stereocenters. The minimum absolute atomic E-state index is 0.190. The summed E-state index contributed by atoms with van der Waals surface area (Å²) in [5.74, 6) is 0.571. The van der Waals surface area contributed by atoms with Crippen LogP contribution in [0, 0.1) is 0 Å². The maximum absolute atomic E-state index is 12.3. The Bertz CT molecular complexity index is 715. The van der Waals surface area contributed by atoms with E-state index in [1.807, 2.05) is 0 Å². The zero-order valence-electron chi connectivity index (χ0n) is 10.4. The molecule has 0 aliphatic carbocycles. The van der Waals surface area contributed by atoms with Gasteiger partial charge >= 0.3 is 0 Å². The second-order valence-electron chi connectivity index (χ2n) is 3.91. The van der Waals surface area contributed by atoms with Crippen molar-refractivity contribution in [2.75, 3.05) is 11.8 Å². The summed E-state index contributed by atoms with van der Waals surface area (Å²) in [6.07, 6.45) is 0. The zero-order valence-corrected chi connectivity index (χ0v) is 14.4. The molecule has 0 aromatic heterocycles. The highest BCUT2D eigenvalue weighted by Crippen LogP contribution is 2.29. The van der Waals surface area contributed by atoms with Crippen molar-refractivity contribution in [1.29, 1.82) is 0 Å². The van der Waals surface area contributed by atoms with Crippen molar-refractivity contribution < 1.29 is 13.2 Å². The van der Waals surface area contributed by atoms with Crippen LogP contribution in [0.4, 0.5) is 5.69 Å². The zero-order chi connectivity index (χ0) is 14.8. The first kappa shape index (κ1) is 15.3. The second-order valence-corrected chi connectivity index (χ2v) is 7.36. The molecule has 2 aromatic rings. The normalized spacial score (nSPS) is 11.2. The topological polar surface area (TPSA) is 55.4 Å². The van der Waals surface area contributed by atoms with Gasteiger partial charge in [0.1, 0.15) is 5.75 Å². The molecular weight excluding hydrogens is 410 g/mol. The lowest BCUT2D eigenvalue weighted by atomic mass is 10.3. The molecule has 20 heavy (non-hydrogen) atoms. The van der Waals surface area contributed by atoms with Crippen LogP contribution in [0.2, 0.25) is 0 Å². The van der Waals surface area contributed by atoms with Gasteiger partial charge in [-0.1, -0.05) is 15.9 Å². The van der Waals surface area contributed by atoms with Crippen molar-refractivity contribution in [3.63, 3.8) is 0 Å². The number of nitrogens with one attached hydrogen (secondary N) is 1. The number of sulfonamides is 1. The molecule has 0 aliphatic rings. The van der Waals surface area contributed by atoms with E-state index in [2.05, 4.69) is 36.6 Å². The Hall–Kier alpha value is -1.05. The SMILES string of the molecule is COc1ccc(Br)c(NS(=O)(=O)c2ccc(Br)cc2)c1. The molecule has 0 aliphatic heterocycles. The number of hydrogen-bond donors (Lipinski definition) is 1. The predicted octanol–water partition coefficient (Wildman–Crippen LogP) is 4.02. The number of rotatable bonds is 4. The molecule has 0 unspecified atom stereocenters. The predicted molar refractivity (Wildman–Crippen MR) is 85.6 cm³/mol. The largest absolute Gasteiger partial charge is 0.497 e. The maximum Gasteiger partial charge on any atom is 0.261 e. The number of benzene rings is 2. The van der Waals surface area contributed by atoms with Crippen LogP contribution in [-0.2, 0) is 10.0 Å². The van der Waals surface area contributed by atoms with Crippen LogP contribution in [0.3, 0.4) is 0 Å². The lowest BCUT2D eigenvalue weighted by Gasteiger charge is -2.11. The van der Waals surface area contributed by atoms with Crippen LogP contribution in [0.25, 0.3) is 0 Å². The lowest BCUT2D eigenvalue weighted by molar-refractivity contribution is 0.415. The Kier molecular flexibility index (Phi) is 4.72. The van der Waals surface area contributed by atoms with Crippen LogP contribution < -0.4 is 9.46 Å². The molecule has 7 heteroatoms. The van der Waals surface area contributed by atoms with Crippen LogP contribution in [0.1, 0.15) is 0 Å². The third-order valence-electron chi connectivity index (χ3n) is 2.54. The van der Waals surface area contributed by atoms with E-state index in [-0.39, 0.29) is 4.90 Å². The highest BCUT2D eigenvalue weighted by atomic mass is 79.9. The van der Waals surface area contributed by atoms with Crippen LogP contribution in [0.15, 0.2) is 56.3 Å². The molecule has 0 spiro atoms. The summed E-state index contributed by atoms with van der Waals surface area (Å²) in [6, 6.07) is 11.5. The Morgan fingerprint density at radius 1 is 1.05 bits per heavy atom. The van der Waals surface area contributed by atoms with E-state index in [1.165, 1.54) is 19.2 Å². The molecule has 0 heterocycles. The van der Waals surface area contributed by atoms with E-state index >= 15 is 0 Å². The van der Waals surface area contributed by atoms with E-state index in [9.17, 15) is 8.42 Å². The van der Waals surface area contributed by atoms with Crippen LogP contribution in [-0.4, -0.2) is 15.5 Å². The van der Waals surface area contributed by atoms with Crippen molar-refractivity contribution in [3.05, 3.63) is 51.4 Å². The van der Waals surface area contributed by atoms with Gasteiger partial charge in [0.2, 0.25) is 0 Å². The minimum atomic E-state index is -3.63. The Morgan fingerprint density at radius 3 is 2.30 bits per heavy atom. The van der Waals surface area contributed by atoms with Gasteiger partial charge in [0.15, 0.2) is 0 Å². The van der Waals surface area contributed by atoms with E-state index in [1.54, 1.807) is 30.3 Å². The average Bonchev–Trinajstić information content (AvgIpc) is 2.41. The molecule has 0 saturated carbocycles.